The van der Waals surface area contributed by atoms with E-state index in [1.165, 1.54) is 6.42 Å². The van der Waals surface area contributed by atoms with Crippen molar-refractivity contribution in [3.05, 3.63) is 29.8 Å². The fourth-order valence-corrected chi connectivity index (χ4v) is 2.65. The minimum atomic E-state index is -0.416. The molecule has 0 saturated heterocycles. The zero-order valence-electron chi connectivity index (χ0n) is 11.1. The van der Waals surface area contributed by atoms with Gasteiger partial charge in [-0.2, -0.15) is 4.98 Å². The molecule has 0 atom stereocenters. The van der Waals surface area contributed by atoms with Crippen LogP contribution in [0.15, 0.2) is 23.0 Å². The smallest absolute Gasteiger partial charge is 0.258 e. The highest BCUT2D eigenvalue weighted by molar-refractivity contribution is 5.56. The highest BCUT2D eigenvalue weighted by atomic mass is 16.5. The summed E-state index contributed by atoms with van der Waals surface area (Å²) >= 11 is 0. The van der Waals surface area contributed by atoms with Gasteiger partial charge in [0.25, 0.3) is 5.89 Å². The van der Waals surface area contributed by atoms with E-state index in [2.05, 4.69) is 15.1 Å². The van der Waals surface area contributed by atoms with Crippen LogP contribution in [0.25, 0.3) is 11.5 Å². The molecule has 5 heteroatoms. The Morgan fingerprint density at radius 3 is 2.79 bits per heavy atom. The monoisotopic (exact) mass is 258 g/mol. The number of nitrogens with two attached hydrogens (primary N) is 1. The normalized spacial score (nSPS) is 18.4. The molecular weight excluding hydrogens is 240 g/mol. The van der Waals surface area contributed by atoms with E-state index in [0.717, 1.165) is 36.8 Å². The van der Waals surface area contributed by atoms with Crippen molar-refractivity contribution in [2.45, 2.75) is 44.6 Å². The highest BCUT2D eigenvalue weighted by Gasteiger charge is 2.34. The molecule has 0 aliphatic heterocycles. The molecule has 1 saturated carbocycles. The average molecular weight is 258 g/mol. The van der Waals surface area contributed by atoms with E-state index >= 15 is 0 Å². The first kappa shape index (κ1) is 12.3. The van der Waals surface area contributed by atoms with E-state index < -0.39 is 5.54 Å². The molecule has 1 fully saturated rings. The average Bonchev–Trinajstić information content (AvgIpc) is 2.90. The molecule has 0 unspecified atom stereocenters. The van der Waals surface area contributed by atoms with Gasteiger partial charge >= 0.3 is 0 Å². The van der Waals surface area contributed by atoms with Crippen molar-refractivity contribution in [1.29, 1.82) is 0 Å². The standard InChI is InChI=1S/C14H18N4O/c1-10-9-16-8-5-11(10)12-17-13(18-19-12)14(15)6-3-2-4-7-14/h5,8-9H,2-4,6-7,15H2,1H3. The molecule has 1 aliphatic carbocycles. The maximum atomic E-state index is 6.41. The lowest BCUT2D eigenvalue weighted by molar-refractivity contribution is 0.275. The van der Waals surface area contributed by atoms with Crippen LogP contribution in [0.2, 0.25) is 0 Å². The summed E-state index contributed by atoms with van der Waals surface area (Å²) in [6, 6.07) is 1.89. The van der Waals surface area contributed by atoms with Crippen molar-refractivity contribution in [2.24, 2.45) is 5.73 Å². The van der Waals surface area contributed by atoms with Crippen molar-refractivity contribution < 1.29 is 4.52 Å². The summed E-state index contributed by atoms with van der Waals surface area (Å²) in [6.07, 6.45) is 8.89. The third-order valence-electron chi connectivity index (χ3n) is 3.87. The number of hydrogen-bond donors (Lipinski definition) is 1. The molecule has 5 nitrogen and oxygen atoms in total. The Bertz CT molecular complexity index is 572. The lowest BCUT2D eigenvalue weighted by atomic mass is 9.82. The lowest BCUT2D eigenvalue weighted by Crippen LogP contribution is -2.39. The largest absolute Gasteiger partial charge is 0.334 e. The zero-order chi connectivity index (χ0) is 13.3. The number of pyridine rings is 1. The van der Waals surface area contributed by atoms with Crippen LogP contribution in [0.5, 0.6) is 0 Å². The molecule has 0 radical (unpaired) electrons. The van der Waals surface area contributed by atoms with Gasteiger partial charge in [-0.05, 0) is 31.4 Å². The summed E-state index contributed by atoms with van der Waals surface area (Å²) in [4.78, 5) is 8.57. The molecule has 2 aromatic heterocycles. The van der Waals surface area contributed by atoms with Gasteiger partial charge in [-0.15, -0.1) is 0 Å². The predicted molar refractivity (Wildman–Crippen MR) is 71.2 cm³/mol. The van der Waals surface area contributed by atoms with Crippen molar-refractivity contribution in [1.82, 2.24) is 15.1 Å². The number of aromatic nitrogens is 3. The molecule has 19 heavy (non-hydrogen) atoms. The van der Waals surface area contributed by atoms with Gasteiger partial charge in [0.1, 0.15) is 0 Å². The molecule has 100 valence electrons. The molecule has 0 bridgehead atoms. The van der Waals surface area contributed by atoms with Gasteiger partial charge < -0.3 is 10.3 Å². The minimum Gasteiger partial charge on any atom is -0.334 e. The van der Waals surface area contributed by atoms with Crippen LogP contribution in [0.4, 0.5) is 0 Å². The third-order valence-corrected chi connectivity index (χ3v) is 3.87. The quantitative estimate of drug-likeness (QED) is 0.895. The van der Waals surface area contributed by atoms with Crippen LogP contribution in [0, 0.1) is 6.92 Å². The van der Waals surface area contributed by atoms with Crippen LogP contribution in [0.1, 0.15) is 43.5 Å². The van der Waals surface area contributed by atoms with E-state index in [4.69, 9.17) is 10.3 Å². The van der Waals surface area contributed by atoms with Gasteiger partial charge in [0.15, 0.2) is 5.82 Å². The van der Waals surface area contributed by atoms with E-state index in [1.54, 1.807) is 12.4 Å². The SMILES string of the molecule is Cc1cnccc1-c1nc(C2(N)CCCCC2)no1. The van der Waals surface area contributed by atoms with E-state index in [-0.39, 0.29) is 0 Å². The van der Waals surface area contributed by atoms with Gasteiger partial charge in [0, 0.05) is 18.0 Å². The molecular formula is C14H18N4O. The molecule has 2 N–H and O–H groups in total. The molecule has 2 heterocycles. The summed E-state index contributed by atoms with van der Waals surface area (Å²) in [5.74, 6) is 1.17. The second-order valence-corrected chi connectivity index (χ2v) is 5.33. The fraction of sp³-hybridized carbons (Fsp3) is 0.500. The van der Waals surface area contributed by atoms with Crippen LogP contribution in [0.3, 0.4) is 0 Å². The summed E-state index contributed by atoms with van der Waals surface area (Å²) in [6.45, 7) is 1.98. The number of nitrogens with zero attached hydrogens (tertiary/aromatic N) is 3. The first-order chi connectivity index (χ1) is 9.19. The van der Waals surface area contributed by atoms with Gasteiger partial charge in [-0.25, -0.2) is 0 Å². The summed E-state index contributed by atoms with van der Waals surface area (Å²) < 4.78 is 5.38. The molecule has 0 amide bonds. The van der Waals surface area contributed by atoms with Crippen molar-refractivity contribution in [3.8, 4) is 11.5 Å². The van der Waals surface area contributed by atoms with Gasteiger partial charge in [0.05, 0.1) is 5.54 Å². The minimum absolute atomic E-state index is 0.416. The van der Waals surface area contributed by atoms with E-state index in [0.29, 0.717) is 11.7 Å². The number of hydrogen-bond acceptors (Lipinski definition) is 5. The molecule has 0 aromatic carbocycles. The van der Waals surface area contributed by atoms with Crippen LogP contribution < -0.4 is 5.73 Å². The van der Waals surface area contributed by atoms with Crippen LogP contribution in [-0.4, -0.2) is 15.1 Å². The van der Waals surface area contributed by atoms with Crippen molar-refractivity contribution >= 4 is 0 Å². The molecule has 1 aliphatic rings. The second kappa shape index (κ2) is 4.74. The third kappa shape index (κ3) is 2.26. The Morgan fingerprint density at radius 1 is 1.26 bits per heavy atom. The molecule has 3 rings (SSSR count). The van der Waals surface area contributed by atoms with E-state index in [9.17, 15) is 0 Å². The summed E-state index contributed by atoms with van der Waals surface area (Å²) in [5.41, 5.74) is 7.94. The fourth-order valence-electron chi connectivity index (χ4n) is 2.65. The Kier molecular flexibility index (Phi) is 3.06. The first-order valence-corrected chi connectivity index (χ1v) is 6.73. The Hall–Kier alpha value is -1.75. The van der Waals surface area contributed by atoms with Crippen LogP contribution in [-0.2, 0) is 5.54 Å². The zero-order valence-corrected chi connectivity index (χ0v) is 11.1. The highest BCUT2D eigenvalue weighted by Crippen LogP contribution is 2.34. The maximum absolute atomic E-state index is 6.41. The topological polar surface area (TPSA) is 77.8 Å². The number of rotatable bonds is 2. The Balaban J connectivity index is 1.93. The second-order valence-electron chi connectivity index (χ2n) is 5.33. The molecule has 2 aromatic rings. The van der Waals surface area contributed by atoms with Crippen molar-refractivity contribution in [3.63, 3.8) is 0 Å². The van der Waals surface area contributed by atoms with Gasteiger partial charge in [-0.3, -0.25) is 4.98 Å². The Labute approximate surface area is 112 Å². The van der Waals surface area contributed by atoms with Crippen LogP contribution >= 0.6 is 0 Å². The number of aryl methyl sites for hydroxylation is 1. The predicted octanol–water partition coefficient (Wildman–Crippen LogP) is 2.56. The summed E-state index contributed by atoms with van der Waals surface area (Å²) in [7, 11) is 0. The van der Waals surface area contributed by atoms with Crippen molar-refractivity contribution in [2.75, 3.05) is 0 Å². The maximum Gasteiger partial charge on any atom is 0.258 e. The van der Waals surface area contributed by atoms with Gasteiger partial charge in [-0.1, -0.05) is 24.4 Å². The molecule has 0 spiro atoms. The summed E-state index contributed by atoms with van der Waals surface area (Å²) in [5, 5.41) is 4.10. The first-order valence-electron chi connectivity index (χ1n) is 6.73. The Morgan fingerprint density at radius 2 is 2.05 bits per heavy atom. The van der Waals surface area contributed by atoms with E-state index in [1.807, 2.05) is 13.0 Å². The lowest BCUT2D eigenvalue weighted by Gasteiger charge is -2.29. The van der Waals surface area contributed by atoms with Gasteiger partial charge in [0.2, 0.25) is 0 Å².